The maximum absolute atomic E-state index is 10.9. The van der Waals surface area contributed by atoms with Gasteiger partial charge in [0.1, 0.15) is 0 Å². The van der Waals surface area contributed by atoms with Crippen LogP contribution in [0.2, 0.25) is 5.02 Å². The summed E-state index contributed by atoms with van der Waals surface area (Å²) in [5.41, 5.74) is 0.989. The van der Waals surface area contributed by atoms with Crippen LogP contribution in [0, 0.1) is 16.0 Å². The number of nitro groups is 1. The van der Waals surface area contributed by atoms with Crippen LogP contribution in [0.3, 0.4) is 0 Å². The van der Waals surface area contributed by atoms with Crippen molar-refractivity contribution in [1.29, 1.82) is 0 Å². The molecule has 5 heteroatoms. The lowest BCUT2D eigenvalue weighted by Crippen LogP contribution is -2.02. The smallest absolute Gasteiger partial charge is 0.247 e. The van der Waals surface area contributed by atoms with E-state index in [1.807, 2.05) is 13.8 Å². The van der Waals surface area contributed by atoms with Crippen molar-refractivity contribution in [3.05, 3.63) is 49.1 Å². The van der Waals surface area contributed by atoms with Crippen molar-refractivity contribution in [2.45, 2.75) is 20.3 Å². The van der Waals surface area contributed by atoms with Crippen molar-refractivity contribution < 1.29 is 4.92 Å². The number of halogens is 2. The molecule has 0 spiro atoms. The van der Waals surface area contributed by atoms with Gasteiger partial charge in [-0.25, -0.2) is 0 Å². The molecule has 0 aliphatic carbocycles. The monoisotopic (exact) mass is 317 g/mol. The second-order valence-electron chi connectivity index (χ2n) is 4.16. The Labute approximate surface area is 114 Å². The summed E-state index contributed by atoms with van der Waals surface area (Å²) in [6.45, 7) is 3.91. The average Bonchev–Trinajstić information content (AvgIpc) is 2.21. The maximum atomic E-state index is 10.9. The molecule has 0 atom stereocenters. The van der Waals surface area contributed by atoms with Gasteiger partial charge in [-0.3, -0.25) is 10.1 Å². The molecule has 0 N–H and O–H groups in total. The lowest BCUT2D eigenvalue weighted by atomic mass is 10.1. The summed E-state index contributed by atoms with van der Waals surface area (Å²) >= 11 is 9.16. The highest BCUT2D eigenvalue weighted by atomic mass is 79.9. The van der Waals surface area contributed by atoms with Crippen molar-refractivity contribution >= 4 is 33.6 Å². The highest BCUT2D eigenvalue weighted by Crippen LogP contribution is 2.25. The first kappa shape index (κ1) is 14.2. The molecular formula is C12H13BrClNO2. The van der Waals surface area contributed by atoms with Gasteiger partial charge < -0.3 is 0 Å². The fourth-order valence-electron chi connectivity index (χ4n) is 1.40. The van der Waals surface area contributed by atoms with E-state index < -0.39 is 0 Å². The van der Waals surface area contributed by atoms with Gasteiger partial charge in [0.2, 0.25) is 5.70 Å². The molecule has 0 unspecified atom stereocenters. The molecule has 0 bridgehead atoms. The zero-order chi connectivity index (χ0) is 13.0. The van der Waals surface area contributed by atoms with E-state index in [9.17, 15) is 10.1 Å². The molecular weight excluding hydrogens is 305 g/mol. The first-order valence-electron chi connectivity index (χ1n) is 5.20. The molecule has 0 heterocycles. The molecule has 17 heavy (non-hydrogen) atoms. The van der Waals surface area contributed by atoms with Crippen molar-refractivity contribution in [2.24, 2.45) is 5.92 Å². The fourth-order valence-corrected chi connectivity index (χ4v) is 1.91. The largest absolute Gasteiger partial charge is 0.259 e. The van der Waals surface area contributed by atoms with E-state index in [0.717, 1.165) is 10.0 Å². The van der Waals surface area contributed by atoms with Crippen LogP contribution in [0.5, 0.6) is 0 Å². The second kappa shape index (κ2) is 6.17. The Hall–Kier alpha value is -0.870. The van der Waals surface area contributed by atoms with Crippen LogP contribution in [0.25, 0.3) is 6.08 Å². The molecule has 3 nitrogen and oxygen atoms in total. The highest BCUT2D eigenvalue weighted by molar-refractivity contribution is 9.10. The van der Waals surface area contributed by atoms with Gasteiger partial charge in [-0.15, -0.1) is 0 Å². The summed E-state index contributed by atoms with van der Waals surface area (Å²) < 4.78 is 0.736. The van der Waals surface area contributed by atoms with E-state index in [1.54, 1.807) is 24.3 Å². The van der Waals surface area contributed by atoms with Crippen LogP contribution < -0.4 is 0 Å². The molecule has 0 aliphatic rings. The molecule has 1 aromatic carbocycles. The third kappa shape index (κ3) is 4.48. The van der Waals surface area contributed by atoms with Crippen LogP contribution >= 0.6 is 27.5 Å². The van der Waals surface area contributed by atoms with Gasteiger partial charge in [0.25, 0.3) is 0 Å². The summed E-state index contributed by atoms with van der Waals surface area (Å²) in [7, 11) is 0. The number of hydrogen-bond acceptors (Lipinski definition) is 2. The van der Waals surface area contributed by atoms with E-state index >= 15 is 0 Å². The summed E-state index contributed by atoms with van der Waals surface area (Å²) in [4.78, 5) is 10.6. The summed E-state index contributed by atoms with van der Waals surface area (Å²) in [5, 5.41) is 11.5. The molecule has 0 aromatic heterocycles. The van der Waals surface area contributed by atoms with E-state index in [2.05, 4.69) is 15.9 Å². The first-order valence-corrected chi connectivity index (χ1v) is 6.37. The quantitative estimate of drug-likeness (QED) is 0.593. The van der Waals surface area contributed by atoms with Crippen molar-refractivity contribution in [3.8, 4) is 0 Å². The summed E-state index contributed by atoms with van der Waals surface area (Å²) in [6, 6.07) is 5.24. The van der Waals surface area contributed by atoms with E-state index in [4.69, 9.17) is 11.6 Å². The van der Waals surface area contributed by atoms with Crippen molar-refractivity contribution in [2.75, 3.05) is 0 Å². The molecule has 0 saturated carbocycles. The Bertz CT molecular complexity index is 458. The Morgan fingerprint density at radius 3 is 2.71 bits per heavy atom. The minimum atomic E-state index is -0.331. The lowest BCUT2D eigenvalue weighted by Gasteiger charge is -2.03. The topological polar surface area (TPSA) is 43.1 Å². The standard InChI is InChI=1S/C12H13BrClNO2/c1-8(2)5-10(15(16)17)6-9-3-4-12(14)11(13)7-9/h3-4,6-8H,5H2,1-2H3/b10-6-. The minimum absolute atomic E-state index is 0.217. The molecule has 1 rings (SSSR count). The molecule has 0 aliphatic heterocycles. The molecule has 0 amide bonds. The van der Waals surface area contributed by atoms with Crippen LogP contribution in [0.15, 0.2) is 28.4 Å². The van der Waals surface area contributed by atoms with Gasteiger partial charge in [-0.05, 0) is 39.5 Å². The fraction of sp³-hybridized carbons (Fsp3) is 0.333. The van der Waals surface area contributed by atoms with E-state index in [1.165, 1.54) is 0 Å². The Kier molecular flexibility index (Phi) is 5.15. The average molecular weight is 319 g/mol. The first-order chi connectivity index (χ1) is 7.90. The Morgan fingerprint density at radius 2 is 2.24 bits per heavy atom. The van der Waals surface area contributed by atoms with Gasteiger partial charge in [-0.2, -0.15) is 0 Å². The Balaban J connectivity index is 3.04. The maximum Gasteiger partial charge on any atom is 0.247 e. The lowest BCUT2D eigenvalue weighted by molar-refractivity contribution is -0.427. The van der Waals surface area contributed by atoms with Crippen molar-refractivity contribution in [3.63, 3.8) is 0 Å². The van der Waals surface area contributed by atoms with E-state index in [0.29, 0.717) is 11.4 Å². The van der Waals surface area contributed by atoms with E-state index in [-0.39, 0.29) is 16.5 Å². The number of allylic oxidation sites excluding steroid dienone is 1. The van der Waals surface area contributed by atoms with Crippen LogP contribution in [0.1, 0.15) is 25.8 Å². The third-order valence-electron chi connectivity index (χ3n) is 2.13. The molecule has 0 saturated heterocycles. The normalized spacial score (nSPS) is 11.9. The molecule has 92 valence electrons. The minimum Gasteiger partial charge on any atom is -0.259 e. The van der Waals surface area contributed by atoms with Crippen LogP contribution in [-0.4, -0.2) is 4.92 Å². The van der Waals surface area contributed by atoms with Crippen LogP contribution in [-0.2, 0) is 0 Å². The van der Waals surface area contributed by atoms with Gasteiger partial charge in [0.05, 0.1) is 9.95 Å². The van der Waals surface area contributed by atoms with Gasteiger partial charge >= 0.3 is 0 Å². The number of rotatable bonds is 4. The zero-order valence-corrected chi connectivity index (χ0v) is 12.0. The SMILES string of the molecule is CC(C)C/C(=C/c1ccc(Cl)c(Br)c1)[N+](=O)[O-]. The summed E-state index contributed by atoms with van der Waals surface area (Å²) in [6.07, 6.45) is 2.04. The molecule has 1 aromatic rings. The second-order valence-corrected chi connectivity index (χ2v) is 5.43. The zero-order valence-electron chi connectivity index (χ0n) is 9.61. The molecule has 0 fully saturated rings. The molecule has 0 radical (unpaired) electrons. The highest BCUT2D eigenvalue weighted by Gasteiger charge is 2.13. The number of hydrogen-bond donors (Lipinski definition) is 0. The Morgan fingerprint density at radius 1 is 1.59 bits per heavy atom. The van der Waals surface area contributed by atoms with Gasteiger partial charge in [0.15, 0.2) is 0 Å². The van der Waals surface area contributed by atoms with Gasteiger partial charge in [-0.1, -0.05) is 31.5 Å². The number of nitrogens with zero attached hydrogens (tertiary/aromatic N) is 1. The number of benzene rings is 1. The van der Waals surface area contributed by atoms with Crippen LogP contribution in [0.4, 0.5) is 0 Å². The summed E-state index contributed by atoms with van der Waals surface area (Å²) in [5.74, 6) is 0.252. The third-order valence-corrected chi connectivity index (χ3v) is 3.34. The predicted molar refractivity (Wildman–Crippen MR) is 73.6 cm³/mol. The van der Waals surface area contributed by atoms with Crippen molar-refractivity contribution in [1.82, 2.24) is 0 Å². The van der Waals surface area contributed by atoms with Gasteiger partial charge in [0, 0.05) is 17.0 Å². The predicted octanol–water partition coefficient (Wildman–Crippen LogP) is 4.77.